The summed E-state index contributed by atoms with van der Waals surface area (Å²) in [7, 11) is 0. The number of phenolic OH excluding ortho intramolecular Hbond substituents is 1. The number of aryl methyl sites for hydroxylation is 1. The zero-order valence-corrected chi connectivity index (χ0v) is 8.19. The van der Waals surface area contributed by atoms with Crippen molar-refractivity contribution in [3.63, 3.8) is 0 Å². The molecule has 0 unspecified atom stereocenters. The maximum atomic E-state index is 10.9. The normalized spacial score (nSPS) is 10.5. The first-order valence-corrected chi connectivity index (χ1v) is 4.56. The van der Waals surface area contributed by atoms with Gasteiger partial charge in [-0.2, -0.15) is 0 Å². The van der Waals surface area contributed by atoms with Crippen LogP contribution in [0.2, 0.25) is 0 Å². The van der Waals surface area contributed by atoms with Crippen molar-refractivity contribution in [2.45, 2.75) is 6.92 Å². The van der Waals surface area contributed by atoms with Gasteiger partial charge in [0.1, 0.15) is 5.75 Å². The van der Waals surface area contributed by atoms with Crippen LogP contribution in [0.15, 0.2) is 30.3 Å². The highest BCUT2D eigenvalue weighted by atomic mass is 16.4. The van der Waals surface area contributed by atoms with Crippen LogP contribution in [-0.2, 0) is 0 Å². The van der Waals surface area contributed by atoms with Gasteiger partial charge in [0.15, 0.2) is 0 Å². The van der Waals surface area contributed by atoms with E-state index < -0.39 is 5.97 Å². The van der Waals surface area contributed by atoms with Gasteiger partial charge in [-0.3, -0.25) is 0 Å². The van der Waals surface area contributed by atoms with Crippen LogP contribution in [-0.4, -0.2) is 16.2 Å². The van der Waals surface area contributed by atoms with E-state index in [1.807, 2.05) is 0 Å². The molecule has 3 nitrogen and oxygen atoms in total. The first kappa shape index (κ1) is 9.52. The monoisotopic (exact) mass is 202 g/mol. The molecule has 0 spiro atoms. The summed E-state index contributed by atoms with van der Waals surface area (Å²) in [6.07, 6.45) is 0. The van der Waals surface area contributed by atoms with Crippen LogP contribution in [0.25, 0.3) is 10.8 Å². The average Bonchev–Trinajstić information content (AvgIpc) is 2.23. The molecule has 3 heteroatoms. The number of rotatable bonds is 1. The zero-order valence-electron chi connectivity index (χ0n) is 8.19. The smallest absolute Gasteiger partial charge is 0.336 e. The number of hydrogen-bond acceptors (Lipinski definition) is 2. The van der Waals surface area contributed by atoms with E-state index in [2.05, 4.69) is 0 Å². The molecule has 0 radical (unpaired) electrons. The topological polar surface area (TPSA) is 57.5 Å². The standard InChI is InChI=1S/C12H10O3/c1-7-5-6-8-9(11(7)13)3-2-4-10(8)12(14)15/h2-6,13H,1H3,(H,14,15). The highest BCUT2D eigenvalue weighted by Crippen LogP contribution is 2.30. The summed E-state index contributed by atoms with van der Waals surface area (Å²) in [6, 6.07) is 8.30. The number of fused-ring (bicyclic) bond motifs is 1. The van der Waals surface area contributed by atoms with Crippen molar-refractivity contribution in [3.05, 3.63) is 41.5 Å². The van der Waals surface area contributed by atoms with Gasteiger partial charge >= 0.3 is 5.97 Å². The molecule has 0 aliphatic rings. The van der Waals surface area contributed by atoms with Gasteiger partial charge in [0.2, 0.25) is 0 Å². The molecule has 0 bridgehead atoms. The quantitative estimate of drug-likeness (QED) is 0.747. The minimum atomic E-state index is -0.983. The van der Waals surface area contributed by atoms with Gasteiger partial charge in [-0.25, -0.2) is 4.79 Å². The SMILES string of the molecule is Cc1ccc2c(C(=O)O)cccc2c1O. The lowest BCUT2D eigenvalue weighted by atomic mass is 10.0. The number of carbonyl (C=O) groups is 1. The highest BCUT2D eigenvalue weighted by molar-refractivity contribution is 6.05. The number of carboxylic acids is 1. The van der Waals surface area contributed by atoms with Crippen molar-refractivity contribution in [1.29, 1.82) is 0 Å². The molecule has 0 aliphatic heterocycles. The van der Waals surface area contributed by atoms with E-state index in [-0.39, 0.29) is 11.3 Å². The van der Waals surface area contributed by atoms with Gasteiger partial charge in [0, 0.05) is 5.39 Å². The second kappa shape index (κ2) is 3.28. The molecule has 2 rings (SSSR count). The third-order valence-corrected chi connectivity index (χ3v) is 2.47. The lowest BCUT2D eigenvalue weighted by Crippen LogP contribution is -1.97. The lowest BCUT2D eigenvalue weighted by molar-refractivity contribution is 0.0699. The first-order valence-electron chi connectivity index (χ1n) is 4.56. The highest BCUT2D eigenvalue weighted by Gasteiger charge is 2.10. The molecule has 0 aliphatic carbocycles. The molecular formula is C12H10O3. The molecule has 2 aromatic rings. The van der Waals surface area contributed by atoms with Gasteiger partial charge in [-0.1, -0.05) is 24.3 Å². The van der Waals surface area contributed by atoms with Gasteiger partial charge < -0.3 is 10.2 Å². The Morgan fingerprint density at radius 2 is 1.87 bits per heavy atom. The fourth-order valence-corrected chi connectivity index (χ4v) is 1.64. The van der Waals surface area contributed by atoms with Crippen LogP contribution in [0.3, 0.4) is 0 Å². The van der Waals surface area contributed by atoms with E-state index in [1.165, 1.54) is 6.07 Å². The molecule has 0 amide bonds. The Kier molecular flexibility index (Phi) is 2.08. The average molecular weight is 202 g/mol. The number of hydrogen-bond donors (Lipinski definition) is 2. The van der Waals surface area contributed by atoms with Gasteiger partial charge in [0.05, 0.1) is 5.56 Å². The summed E-state index contributed by atoms with van der Waals surface area (Å²) < 4.78 is 0. The summed E-state index contributed by atoms with van der Waals surface area (Å²) in [6.45, 7) is 1.78. The summed E-state index contributed by atoms with van der Waals surface area (Å²) in [5.74, 6) is -0.834. The Hall–Kier alpha value is -2.03. The number of aromatic carboxylic acids is 1. The summed E-state index contributed by atoms with van der Waals surface area (Å²) in [5.41, 5.74) is 0.952. The molecule has 0 heterocycles. The summed E-state index contributed by atoms with van der Waals surface area (Å²) in [4.78, 5) is 10.9. The maximum absolute atomic E-state index is 10.9. The van der Waals surface area contributed by atoms with Crippen LogP contribution in [0.4, 0.5) is 0 Å². The zero-order chi connectivity index (χ0) is 11.0. The Labute approximate surface area is 86.6 Å². The third kappa shape index (κ3) is 1.42. The van der Waals surface area contributed by atoms with Crippen molar-refractivity contribution >= 4 is 16.7 Å². The van der Waals surface area contributed by atoms with E-state index in [0.717, 1.165) is 5.56 Å². The number of benzene rings is 2. The van der Waals surface area contributed by atoms with Crippen molar-refractivity contribution in [2.75, 3.05) is 0 Å². The van der Waals surface area contributed by atoms with Crippen LogP contribution in [0, 0.1) is 6.92 Å². The van der Waals surface area contributed by atoms with E-state index in [9.17, 15) is 9.90 Å². The Morgan fingerprint density at radius 1 is 1.13 bits per heavy atom. The number of carboxylic acid groups (broad SMARTS) is 1. The third-order valence-electron chi connectivity index (χ3n) is 2.47. The summed E-state index contributed by atoms with van der Waals surface area (Å²) in [5, 5.41) is 19.9. The van der Waals surface area contributed by atoms with Gasteiger partial charge in [0.25, 0.3) is 0 Å². The largest absolute Gasteiger partial charge is 0.507 e. The summed E-state index contributed by atoms with van der Waals surface area (Å²) >= 11 is 0. The van der Waals surface area contributed by atoms with Crippen molar-refractivity contribution in [2.24, 2.45) is 0 Å². The lowest BCUT2D eigenvalue weighted by Gasteiger charge is -2.06. The van der Waals surface area contributed by atoms with E-state index in [1.54, 1.807) is 31.2 Å². The molecule has 0 saturated carbocycles. The first-order chi connectivity index (χ1) is 7.11. The van der Waals surface area contributed by atoms with E-state index >= 15 is 0 Å². The van der Waals surface area contributed by atoms with Crippen LogP contribution in [0.5, 0.6) is 5.75 Å². The Balaban J connectivity index is 2.89. The van der Waals surface area contributed by atoms with Crippen molar-refractivity contribution in [3.8, 4) is 5.75 Å². The molecule has 15 heavy (non-hydrogen) atoms. The molecule has 0 saturated heterocycles. The second-order valence-electron chi connectivity index (χ2n) is 3.44. The number of phenols is 1. The maximum Gasteiger partial charge on any atom is 0.336 e. The predicted octanol–water partition coefficient (Wildman–Crippen LogP) is 2.55. The van der Waals surface area contributed by atoms with E-state index in [0.29, 0.717) is 10.8 Å². The van der Waals surface area contributed by atoms with Gasteiger partial charge in [-0.15, -0.1) is 0 Å². The Bertz CT molecular complexity index is 544. The fraction of sp³-hybridized carbons (Fsp3) is 0.0833. The number of aromatic hydroxyl groups is 1. The van der Waals surface area contributed by atoms with E-state index in [4.69, 9.17) is 5.11 Å². The molecule has 0 atom stereocenters. The predicted molar refractivity (Wildman–Crippen MR) is 57.3 cm³/mol. The van der Waals surface area contributed by atoms with Crippen LogP contribution < -0.4 is 0 Å². The fourth-order valence-electron chi connectivity index (χ4n) is 1.64. The van der Waals surface area contributed by atoms with Crippen LogP contribution in [0.1, 0.15) is 15.9 Å². The minimum Gasteiger partial charge on any atom is -0.507 e. The van der Waals surface area contributed by atoms with Gasteiger partial charge in [-0.05, 0) is 23.9 Å². The molecule has 2 aromatic carbocycles. The molecule has 2 N–H and O–H groups in total. The van der Waals surface area contributed by atoms with Crippen molar-refractivity contribution < 1.29 is 15.0 Å². The molecule has 0 aromatic heterocycles. The molecular weight excluding hydrogens is 192 g/mol. The van der Waals surface area contributed by atoms with Crippen LogP contribution >= 0.6 is 0 Å². The van der Waals surface area contributed by atoms with Crippen molar-refractivity contribution in [1.82, 2.24) is 0 Å². The molecule has 76 valence electrons. The molecule has 0 fully saturated rings. The Morgan fingerprint density at radius 3 is 2.53 bits per heavy atom. The second-order valence-corrected chi connectivity index (χ2v) is 3.44. The minimum absolute atomic E-state index is 0.149.